The highest BCUT2D eigenvalue weighted by Crippen LogP contribution is 2.39. The number of aromatic amines is 1. The van der Waals surface area contributed by atoms with Gasteiger partial charge in [-0.2, -0.15) is 0 Å². The Morgan fingerprint density at radius 2 is 2.16 bits per heavy atom. The van der Waals surface area contributed by atoms with Crippen LogP contribution in [0.2, 0.25) is 0 Å². The first kappa shape index (κ1) is 22.1. The number of carbonyl (C=O) groups is 2. The molecule has 3 N–H and O–H groups in total. The summed E-state index contributed by atoms with van der Waals surface area (Å²) >= 11 is 3.63. The second-order valence-corrected chi connectivity index (χ2v) is 9.57. The Labute approximate surface area is 193 Å². The van der Waals surface area contributed by atoms with Crippen LogP contribution < -0.4 is 15.5 Å². The number of pyridine rings is 1. The van der Waals surface area contributed by atoms with Gasteiger partial charge in [0.15, 0.2) is 0 Å². The normalized spacial score (nSPS) is 16.8. The van der Waals surface area contributed by atoms with Crippen LogP contribution >= 0.6 is 15.9 Å². The number of alkyl carbamates (subject to hydrolysis) is 1. The lowest BCUT2D eigenvalue weighted by atomic mass is 10.0. The van der Waals surface area contributed by atoms with E-state index in [1.807, 2.05) is 20.8 Å². The molecule has 1 atom stereocenters. The molecule has 10 nitrogen and oxygen atoms in total. The number of H-pyrrole nitrogens is 1. The van der Waals surface area contributed by atoms with Crippen LogP contribution in [-0.4, -0.2) is 56.4 Å². The molecule has 0 spiro atoms. The van der Waals surface area contributed by atoms with E-state index in [0.717, 1.165) is 34.9 Å². The van der Waals surface area contributed by atoms with Crippen molar-refractivity contribution in [1.82, 2.24) is 24.8 Å². The second kappa shape index (κ2) is 8.81. The summed E-state index contributed by atoms with van der Waals surface area (Å²) in [4.78, 5) is 38.5. The standard InChI is InChI=1S/C21H26BrN7O3/c1-21(2,3)32-20(31)26-13-5-4-7-28(11-13)17-14(22)9-24-18-16(17)15(10-25-18)27-19(30)29-8-6-23-12-29/h6,8-10,12-13H,4-5,7,11H2,1-3H3,(H,24,25)(H,26,31)(H,27,30). The van der Waals surface area contributed by atoms with E-state index in [1.165, 1.54) is 10.9 Å². The number of anilines is 2. The number of hydrogen-bond donors (Lipinski definition) is 3. The molecule has 0 aromatic carbocycles. The summed E-state index contributed by atoms with van der Waals surface area (Å²) in [6, 6.07) is -0.380. The molecule has 1 aliphatic rings. The van der Waals surface area contributed by atoms with E-state index in [-0.39, 0.29) is 12.1 Å². The van der Waals surface area contributed by atoms with Gasteiger partial charge in [-0.25, -0.2) is 19.6 Å². The van der Waals surface area contributed by atoms with Gasteiger partial charge in [-0.1, -0.05) is 0 Å². The van der Waals surface area contributed by atoms with Gasteiger partial charge in [0.05, 0.1) is 21.2 Å². The van der Waals surface area contributed by atoms with Gasteiger partial charge < -0.3 is 25.3 Å². The largest absolute Gasteiger partial charge is 0.444 e. The molecule has 0 saturated carbocycles. The number of amides is 2. The first-order valence-electron chi connectivity index (χ1n) is 10.4. The topological polar surface area (TPSA) is 117 Å². The van der Waals surface area contributed by atoms with Gasteiger partial charge in [0.2, 0.25) is 0 Å². The van der Waals surface area contributed by atoms with Crippen molar-refractivity contribution in [3.8, 4) is 0 Å². The molecule has 4 rings (SSSR count). The number of aromatic nitrogens is 4. The minimum Gasteiger partial charge on any atom is -0.444 e. The zero-order valence-electron chi connectivity index (χ0n) is 18.2. The molecule has 1 fully saturated rings. The molecular formula is C21H26BrN7O3. The predicted molar refractivity (Wildman–Crippen MR) is 125 cm³/mol. The maximum absolute atomic E-state index is 12.6. The van der Waals surface area contributed by atoms with E-state index >= 15 is 0 Å². The number of rotatable bonds is 3. The highest BCUT2D eigenvalue weighted by Gasteiger charge is 2.27. The summed E-state index contributed by atoms with van der Waals surface area (Å²) in [5, 5.41) is 6.70. The Morgan fingerprint density at radius 3 is 2.88 bits per heavy atom. The Morgan fingerprint density at radius 1 is 1.34 bits per heavy atom. The summed E-state index contributed by atoms with van der Waals surface area (Å²) < 4.78 is 7.59. The third kappa shape index (κ3) is 4.87. The highest BCUT2D eigenvalue weighted by atomic mass is 79.9. The summed E-state index contributed by atoms with van der Waals surface area (Å²) in [5.41, 5.74) is 1.63. The number of carbonyl (C=O) groups excluding carboxylic acids is 2. The fourth-order valence-electron chi connectivity index (χ4n) is 3.79. The van der Waals surface area contributed by atoms with Gasteiger partial charge in [0, 0.05) is 43.9 Å². The molecule has 0 aliphatic carbocycles. The van der Waals surface area contributed by atoms with Crippen molar-refractivity contribution in [1.29, 1.82) is 0 Å². The number of nitrogens with one attached hydrogen (secondary N) is 3. The lowest BCUT2D eigenvalue weighted by Crippen LogP contribution is -2.49. The zero-order chi connectivity index (χ0) is 22.9. The van der Waals surface area contributed by atoms with Crippen LogP contribution in [0.5, 0.6) is 0 Å². The minimum atomic E-state index is -0.549. The number of ether oxygens (including phenoxy) is 1. The summed E-state index contributed by atoms with van der Waals surface area (Å²) in [6.45, 7) is 6.95. The Hall–Kier alpha value is -3.08. The van der Waals surface area contributed by atoms with E-state index in [9.17, 15) is 9.59 Å². The number of piperidine rings is 1. The number of hydrogen-bond acceptors (Lipinski definition) is 6. The molecule has 2 amide bonds. The van der Waals surface area contributed by atoms with Crippen LogP contribution in [0.15, 0.2) is 35.6 Å². The van der Waals surface area contributed by atoms with Crippen molar-refractivity contribution in [2.24, 2.45) is 0 Å². The summed E-state index contributed by atoms with van der Waals surface area (Å²) in [6.07, 6.45) is 9.37. The summed E-state index contributed by atoms with van der Waals surface area (Å²) in [5.74, 6) is 0. The van der Waals surface area contributed by atoms with Gasteiger partial charge >= 0.3 is 12.1 Å². The first-order valence-corrected chi connectivity index (χ1v) is 11.2. The SMILES string of the molecule is CC(C)(C)OC(=O)NC1CCCN(c2c(Br)cnc3[nH]cc(NC(=O)n4ccnc4)c23)C1. The first-order chi connectivity index (χ1) is 15.2. The third-order valence-corrected chi connectivity index (χ3v) is 5.65. The van der Waals surface area contributed by atoms with E-state index in [0.29, 0.717) is 17.9 Å². The smallest absolute Gasteiger partial charge is 0.407 e. The van der Waals surface area contributed by atoms with Crippen molar-refractivity contribution in [3.63, 3.8) is 0 Å². The molecule has 32 heavy (non-hydrogen) atoms. The number of halogens is 1. The highest BCUT2D eigenvalue weighted by molar-refractivity contribution is 9.10. The molecule has 0 bridgehead atoms. The van der Waals surface area contributed by atoms with E-state index in [1.54, 1.807) is 24.8 Å². The third-order valence-electron chi connectivity index (χ3n) is 5.07. The van der Waals surface area contributed by atoms with Gasteiger partial charge in [-0.05, 0) is 49.5 Å². The lowest BCUT2D eigenvalue weighted by molar-refractivity contribution is 0.0500. The molecule has 1 aliphatic heterocycles. The van der Waals surface area contributed by atoms with Crippen LogP contribution in [0.4, 0.5) is 21.0 Å². The van der Waals surface area contributed by atoms with Crippen molar-refractivity contribution < 1.29 is 14.3 Å². The average Bonchev–Trinajstić information content (AvgIpc) is 3.37. The van der Waals surface area contributed by atoms with Crippen LogP contribution in [0.1, 0.15) is 33.6 Å². The van der Waals surface area contributed by atoms with E-state index < -0.39 is 11.7 Å². The van der Waals surface area contributed by atoms with Crippen molar-refractivity contribution in [2.75, 3.05) is 23.3 Å². The van der Waals surface area contributed by atoms with Crippen LogP contribution in [0.3, 0.4) is 0 Å². The molecule has 3 aromatic rings. The van der Waals surface area contributed by atoms with Gasteiger partial charge in [0.1, 0.15) is 17.6 Å². The van der Waals surface area contributed by atoms with Crippen molar-refractivity contribution >= 4 is 50.5 Å². The average molecular weight is 504 g/mol. The summed E-state index contributed by atoms with van der Waals surface area (Å²) in [7, 11) is 0. The van der Waals surface area contributed by atoms with Crippen molar-refractivity contribution in [2.45, 2.75) is 45.3 Å². The quantitative estimate of drug-likeness (QED) is 0.495. The fourth-order valence-corrected chi connectivity index (χ4v) is 4.35. The molecule has 1 unspecified atom stereocenters. The van der Waals surface area contributed by atoms with E-state index in [4.69, 9.17) is 4.74 Å². The molecule has 0 radical (unpaired) electrons. The maximum atomic E-state index is 12.6. The van der Waals surface area contributed by atoms with Crippen LogP contribution in [0, 0.1) is 0 Å². The Balaban J connectivity index is 1.59. The van der Waals surface area contributed by atoms with Gasteiger partial charge in [0.25, 0.3) is 0 Å². The maximum Gasteiger partial charge on any atom is 0.407 e. The number of imidazole rings is 1. The molecule has 3 aromatic heterocycles. The number of nitrogens with zero attached hydrogens (tertiary/aromatic N) is 4. The molecule has 170 valence electrons. The monoisotopic (exact) mass is 503 g/mol. The predicted octanol–water partition coefficient (Wildman–Crippen LogP) is 4.10. The second-order valence-electron chi connectivity index (χ2n) is 8.71. The van der Waals surface area contributed by atoms with Crippen molar-refractivity contribution in [3.05, 3.63) is 35.6 Å². The Kier molecular flexibility index (Phi) is 6.09. The zero-order valence-corrected chi connectivity index (χ0v) is 19.8. The lowest BCUT2D eigenvalue weighted by Gasteiger charge is -2.36. The van der Waals surface area contributed by atoms with E-state index in [2.05, 4.69) is 46.4 Å². The molecule has 11 heteroatoms. The van der Waals surface area contributed by atoms with Gasteiger partial charge in [-0.3, -0.25) is 4.57 Å². The Bertz CT molecular complexity index is 1120. The van der Waals surface area contributed by atoms with Crippen LogP contribution in [0.25, 0.3) is 11.0 Å². The molecule has 4 heterocycles. The number of fused-ring (bicyclic) bond motifs is 1. The van der Waals surface area contributed by atoms with Crippen LogP contribution in [-0.2, 0) is 4.74 Å². The molecular weight excluding hydrogens is 478 g/mol. The fraction of sp³-hybridized carbons (Fsp3) is 0.429. The van der Waals surface area contributed by atoms with Gasteiger partial charge in [-0.15, -0.1) is 0 Å². The molecule has 1 saturated heterocycles. The minimum absolute atomic E-state index is 0.0587.